The van der Waals surface area contributed by atoms with Crippen molar-refractivity contribution in [1.29, 1.82) is 0 Å². The quantitative estimate of drug-likeness (QED) is 0.648. The van der Waals surface area contributed by atoms with Crippen LogP contribution >= 0.6 is 0 Å². The van der Waals surface area contributed by atoms with Gasteiger partial charge in [-0.3, -0.25) is 0 Å². The van der Waals surface area contributed by atoms with E-state index in [1.54, 1.807) is 0 Å². The van der Waals surface area contributed by atoms with E-state index in [9.17, 15) is 5.11 Å². The van der Waals surface area contributed by atoms with Gasteiger partial charge < -0.3 is 19.3 Å². The van der Waals surface area contributed by atoms with Crippen LogP contribution in [0.25, 0.3) is 0 Å². The molecule has 0 aromatic carbocycles. The Labute approximate surface area is 89.5 Å². The van der Waals surface area contributed by atoms with E-state index in [1.807, 2.05) is 0 Å². The summed E-state index contributed by atoms with van der Waals surface area (Å²) >= 11 is 0. The third-order valence-corrected chi connectivity index (χ3v) is 3.65. The summed E-state index contributed by atoms with van der Waals surface area (Å²) in [6.45, 7) is 0.935. The Balaban J connectivity index is 1.74. The van der Waals surface area contributed by atoms with Crippen molar-refractivity contribution in [3.63, 3.8) is 0 Å². The fourth-order valence-corrected chi connectivity index (χ4v) is 2.88. The summed E-state index contributed by atoms with van der Waals surface area (Å²) in [6, 6.07) is 0. The first-order valence-electron chi connectivity index (χ1n) is 5.91. The molecule has 0 bridgehead atoms. The molecule has 15 heavy (non-hydrogen) atoms. The van der Waals surface area contributed by atoms with Gasteiger partial charge in [0.05, 0.1) is 13.2 Å². The smallest absolute Gasteiger partial charge is 0.169 e. The topological polar surface area (TPSA) is 47.9 Å². The molecule has 2 heterocycles. The van der Waals surface area contributed by atoms with E-state index in [1.165, 1.54) is 6.42 Å². The van der Waals surface area contributed by atoms with Crippen molar-refractivity contribution in [2.24, 2.45) is 0 Å². The minimum absolute atomic E-state index is 0.0631. The van der Waals surface area contributed by atoms with Gasteiger partial charge in [0.2, 0.25) is 0 Å². The second kappa shape index (κ2) is 3.70. The first kappa shape index (κ1) is 10.0. The van der Waals surface area contributed by atoms with Crippen molar-refractivity contribution in [2.75, 3.05) is 13.2 Å². The number of ether oxygens (including phenoxy) is 3. The van der Waals surface area contributed by atoms with Gasteiger partial charge in [0.1, 0.15) is 18.3 Å². The van der Waals surface area contributed by atoms with Crippen molar-refractivity contribution in [3.8, 4) is 0 Å². The lowest BCUT2D eigenvalue weighted by Gasteiger charge is -2.32. The zero-order valence-electron chi connectivity index (χ0n) is 8.85. The van der Waals surface area contributed by atoms with Crippen LogP contribution in [0.5, 0.6) is 0 Å². The molecule has 0 radical (unpaired) electrons. The minimum Gasteiger partial charge on any atom is -0.388 e. The molecule has 4 nitrogen and oxygen atoms in total. The van der Waals surface area contributed by atoms with E-state index in [4.69, 9.17) is 14.2 Å². The maximum atomic E-state index is 9.76. The van der Waals surface area contributed by atoms with E-state index in [0.717, 1.165) is 25.7 Å². The predicted octanol–water partition coefficient (Wildman–Crippen LogP) is 0.822. The summed E-state index contributed by atoms with van der Waals surface area (Å²) < 4.78 is 17.2. The van der Waals surface area contributed by atoms with Crippen molar-refractivity contribution >= 4 is 0 Å². The molecule has 1 N–H and O–H groups in total. The number of hydrogen-bond donors (Lipinski definition) is 1. The molecule has 0 aromatic heterocycles. The van der Waals surface area contributed by atoms with Crippen LogP contribution in [0.2, 0.25) is 0 Å². The lowest BCUT2D eigenvalue weighted by atomic mass is 9.94. The van der Waals surface area contributed by atoms with Crippen LogP contribution < -0.4 is 0 Å². The van der Waals surface area contributed by atoms with Crippen LogP contribution in [0, 0.1) is 0 Å². The first-order valence-corrected chi connectivity index (χ1v) is 5.91. The molecule has 3 atom stereocenters. The monoisotopic (exact) mass is 214 g/mol. The zero-order chi connectivity index (χ0) is 10.3. The summed E-state index contributed by atoms with van der Waals surface area (Å²) in [7, 11) is 0. The number of aliphatic hydroxyl groups excluding tert-OH is 1. The molecule has 0 amide bonds. The molecular weight excluding hydrogens is 196 g/mol. The molecule has 3 rings (SSSR count). The van der Waals surface area contributed by atoms with Gasteiger partial charge in [-0.2, -0.15) is 0 Å². The van der Waals surface area contributed by atoms with Crippen LogP contribution in [0.3, 0.4) is 0 Å². The summed E-state index contributed by atoms with van der Waals surface area (Å²) in [5.74, 6) is -0.401. The molecule has 2 unspecified atom stereocenters. The molecule has 1 spiro atoms. The Kier molecular flexibility index (Phi) is 2.47. The van der Waals surface area contributed by atoms with E-state index in [2.05, 4.69) is 0 Å². The molecule has 0 aromatic rings. The summed E-state index contributed by atoms with van der Waals surface area (Å²) in [4.78, 5) is 0. The molecule has 4 heteroatoms. The first-order chi connectivity index (χ1) is 7.29. The Morgan fingerprint density at radius 2 is 1.80 bits per heavy atom. The molecule has 1 saturated carbocycles. The maximum Gasteiger partial charge on any atom is 0.169 e. The van der Waals surface area contributed by atoms with Crippen LogP contribution in [0.4, 0.5) is 0 Å². The Morgan fingerprint density at radius 1 is 1.00 bits per heavy atom. The van der Waals surface area contributed by atoms with Crippen LogP contribution in [-0.2, 0) is 14.2 Å². The highest BCUT2D eigenvalue weighted by molar-refractivity contribution is 4.93. The average molecular weight is 214 g/mol. The second-order valence-electron chi connectivity index (χ2n) is 4.81. The van der Waals surface area contributed by atoms with Gasteiger partial charge in [-0.15, -0.1) is 0 Å². The molecule has 86 valence electrons. The van der Waals surface area contributed by atoms with Gasteiger partial charge in [0, 0.05) is 12.8 Å². The van der Waals surface area contributed by atoms with Crippen LogP contribution in [0.15, 0.2) is 0 Å². The number of aliphatic hydroxyl groups is 1. The number of hydrogen-bond acceptors (Lipinski definition) is 4. The molecular formula is C11H18O4. The summed E-state index contributed by atoms with van der Waals surface area (Å²) in [5, 5.41) is 9.76. The maximum absolute atomic E-state index is 9.76. The molecule has 3 fully saturated rings. The highest BCUT2D eigenvalue weighted by Crippen LogP contribution is 2.42. The highest BCUT2D eigenvalue weighted by Gasteiger charge is 2.51. The number of fused-ring (bicyclic) bond motifs is 1. The van der Waals surface area contributed by atoms with E-state index in [-0.39, 0.29) is 12.2 Å². The third kappa shape index (κ3) is 1.69. The summed E-state index contributed by atoms with van der Waals surface area (Å²) in [5.41, 5.74) is 0. The lowest BCUT2D eigenvalue weighted by Crippen LogP contribution is -2.45. The van der Waals surface area contributed by atoms with E-state index < -0.39 is 11.9 Å². The van der Waals surface area contributed by atoms with Crippen LogP contribution in [0.1, 0.15) is 32.1 Å². The van der Waals surface area contributed by atoms with Gasteiger partial charge >= 0.3 is 0 Å². The molecule has 1 aliphatic carbocycles. The van der Waals surface area contributed by atoms with Gasteiger partial charge in [0.15, 0.2) is 5.79 Å². The molecule has 2 aliphatic heterocycles. The van der Waals surface area contributed by atoms with Crippen molar-refractivity contribution in [2.45, 2.75) is 56.2 Å². The average Bonchev–Trinajstić information content (AvgIpc) is 2.59. The SMILES string of the molecule is OC1COCC2OC3(CCCCC3)O[C@@H]12. The van der Waals surface area contributed by atoms with Crippen molar-refractivity contribution < 1.29 is 19.3 Å². The normalized spacial score (nSPS) is 44.2. The molecule has 2 saturated heterocycles. The van der Waals surface area contributed by atoms with E-state index in [0.29, 0.717) is 13.2 Å². The largest absolute Gasteiger partial charge is 0.388 e. The lowest BCUT2D eigenvalue weighted by molar-refractivity contribution is -0.197. The second-order valence-corrected chi connectivity index (χ2v) is 4.81. The fraction of sp³-hybridized carbons (Fsp3) is 1.00. The Morgan fingerprint density at radius 3 is 2.53 bits per heavy atom. The van der Waals surface area contributed by atoms with E-state index >= 15 is 0 Å². The van der Waals surface area contributed by atoms with Gasteiger partial charge in [-0.25, -0.2) is 0 Å². The zero-order valence-corrected chi connectivity index (χ0v) is 8.85. The van der Waals surface area contributed by atoms with Gasteiger partial charge in [0.25, 0.3) is 0 Å². The Hall–Kier alpha value is -0.160. The van der Waals surface area contributed by atoms with Crippen LogP contribution in [-0.4, -0.2) is 42.4 Å². The minimum atomic E-state index is -0.523. The highest BCUT2D eigenvalue weighted by atomic mass is 16.8. The fourth-order valence-electron chi connectivity index (χ4n) is 2.88. The Bertz CT molecular complexity index is 237. The third-order valence-electron chi connectivity index (χ3n) is 3.65. The summed E-state index contributed by atoms with van der Waals surface area (Å²) in [6.07, 6.45) is 4.77. The molecule has 3 aliphatic rings. The van der Waals surface area contributed by atoms with Gasteiger partial charge in [-0.05, 0) is 12.8 Å². The standard InChI is InChI=1S/C11H18O4/c12-8-6-13-7-9-10(8)15-11(14-9)4-2-1-3-5-11/h8-10,12H,1-7H2/t8?,9?,10-/m0/s1. The predicted molar refractivity (Wildman–Crippen MR) is 52.4 cm³/mol. The van der Waals surface area contributed by atoms with Gasteiger partial charge in [-0.1, -0.05) is 6.42 Å². The van der Waals surface area contributed by atoms with Crippen molar-refractivity contribution in [1.82, 2.24) is 0 Å². The number of rotatable bonds is 0. The van der Waals surface area contributed by atoms with Crippen molar-refractivity contribution in [3.05, 3.63) is 0 Å².